The van der Waals surface area contributed by atoms with Gasteiger partial charge < -0.3 is 4.90 Å². The summed E-state index contributed by atoms with van der Waals surface area (Å²) in [4.78, 5) is 6.69. The first-order valence-corrected chi connectivity index (χ1v) is 8.47. The van der Waals surface area contributed by atoms with Crippen LogP contribution >= 0.6 is 11.6 Å². The van der Waals surface area contributed by atoms with Gasteiger partial charge in [-0.3, -0.25) is 0 Å². The van der Waals surface area contributed by atoms with Crippen LogP contribution in [0.5, 0.6) is 0 Å². The first-order valence-electron chi connectivity index (χ1n) is 8.09. The Morgan fingerprint density at radius 1 is 1.17 bits per heavy atom. The highest BCUT2D eigenvalue weighted by Gasteiger charge is 2.21. The molecule has 0 bridgehead atoms. The van der Waals surface area contributed by atoms with E-state index in [-0.39, 0.29) is 5.15 Å². The van der Waals surface area contributed by atoms with Gasteiger partial charge in [-0.2, -0.15) is 5.26 Å². The third-order valence-electron chi connectivity index (χ3n) is 4.64. The van der Waals surface area contributed by atoms with Crippen molar-refractivity contribution in [2.45, 2.75) is 38.1 Å². The van der Waals surface area contributed by atoms with Gasteiger partial charge in [0.1, 0.15) is 17.0 Å². The fourth-order valence-corrected chi connectivity index (χ4v) is 3.52. The molecule has 1 aromatic heterocycles. The second kappa shape index (κ2) is 7.02. The molecule has 1 fully saturated rings. The lowest BCUT2D eigenvalue weighted by Gasteiger charge is -2.32. The lowest BCUT2D eigenvalue weighted by Crippen LogP contribution is -2.34. The molecule has 0 N–H and O–H groups in total. The highest BCUT2D eigenvalue weighted by atomic mass is 35.5. The zero-order valence-corrected chi connectivity index (χ0v) is 14.1. The second-order valence-electron chi connectivity index (χ2n) is 6.07. The number of benzene rings is 1. The van der Waals surface area contributed by atoms with Gasteiger partial charge in [0.05, 0.1) is 5.56 Å². The van der Waals surface area contributed by atoms with E-state index in [2.05, 4.69) is 23.0 Å². The summed E-state index contributed by atoms with van der Waals surface area (Å²) in [5, 5.41) is 9.73. The molecule has 3 nitrogen and oxygen atoms in total. The molecular weight excluding hydrogens is 306 g/mol. The summed E-state index contributed by atoms with van der Waals surface area (Å²) >= 11 is 6.31. The van der Waals surface area contributed by atoms with Crippen molar-refractivity contribution in [2.75, 3.05) is 11.9 Å². The minimum Gasteiger partial charge on any atom is -0.357 e. The van der Waals surface area contributed by atoms with Gasteiger partial charge in [-0.1, -0.05) is 61.2 Å². The van der Waals surface area contributed by atoms with Crippen molar-refractivity contribution in [3.8, 4) is 17.2 Å². The smallest absolute Gasteiger partial charge is 0.149 e. The standard InChI is InChI=1S/C19H20ClN3/c1-23(15-10-6-3-7-11-15)18-12-16(14-8-4-2-5-9-14)17(13-21)19(20)22-18/h2,4-5,8-9,12,15H,3,6-7,10-11H2,1H3. The monoisotopic (exact) mass is 325 g/mol. The van der Waals surface area contributed by atoms with Crippen molar-refractivity contribution in [1.82, 2.24) is 4.98 Å². The Morgan fingerprint density at radius 2 is 1.87 bits per heavy atom. The van der Waals surface area contributed by atoms with Crippen LogP contribution in [0.4, 0.5) is 5.82 Å². The first kappa shape index (κ1) is 15.8. The molecule has 118 valence electrons. The van der Waals surface area contributed by atoms with Gasteiger partial charge in [0.25, 0.3) is 0 Å². The number of pyridine rings is 1. The summed E-state index contributed by atoms with van der Waals surface area (Å²) in [5.74, 6) is 0.847. The summed E-state index contributed by atoms with van der Waals surface area (Å²) in [7, 11) is 2.08. The number of nitriles is 1. The summed E-state index contributed by atoms with van der Waals surface area (Å²) in [5.41, 5.74) is 2.29. The molecule has 3 rings (SSSR count). The molecule has 0 unspecified atom stereocenters. The Balaban J connectivity index is 2.02. The van der Waals surface area contributed by atoms with E-state index < -0.39 is 0 Å². The molecule has 0 amide bonds. The average molecular weight is 326 g/mol. The van der Waals surface area contributed by atoms with E-state index in [9.17, 15) is 5.26 Å². The van der Waals surface area contributed by atoms with Gasteiger partial charge in [0, 0.05) is 18.7 Å². The Morgan fingerprint density at radius 3 is 2.52 bits per heavy atom. The number of rotatable bonds is 3. The van der Waals surface area contributed by atoms with E-state index >= 15 is 0 Å². The molecule has 1 heterocycles. The number of aromatic nitrogens is 1. The summed E-state index contributed by atoms with van der Waals surface area (Å²) in [6, 6.07) is 14.6. The molecule has 1 aliphatic carbocycles. The van der Waals surface area contributed by atoms with E-state index in [1.807, 2.05) is 36.4 Å². The maximum Gasteiger partial charge on any atom is 0.149 e. The topological polar surface area (TPSA) is 39.9 Å². The van der Waals surface area contributed by atoms with Crippen LogP contribution in [0.15, 0.2) is 36.4 Å². The lowest BCUT2D eigenvalue weighted by molar-refractivity contribution is 0.426. The van der Waals surface area contributed by atoms with Gasteiger partial charge in [0.2, 0.25) is 0 Å². The fraction of sp³-hybridized carbons (Fsp3) is 0.368. The van der Waals surface area contributed by atoms with Gasteiger partial charge in [-0.25, -0.2) is 4.98 Å². The third kappa shape index (κ3) is 3.33. The van der Waals surface area contributed by atoms with Gasteiger partial charge in [-0.05, 0) is 24.5 Å². The normalized spacial score (nSPS) is 15.2. The Bertz CT molecular complexity index is 715. The predicted molar refractivity (Wildman–Crippen MR) is 94.7 cm³/mol. The molecule has 23 heavy (non-hydrogen) atoms. The molecule has 1 aromatic carbocycles. The van der Waals surface area contributed by atoms with E-state index in [1.165, 1.54) is 32.1 Å². The fourth-order valence-electron chi connectivity index (χ4n) is 3.29. The summed E-state index contributed by atoms with van der Waals surface area (Å²) < 4.78 is 0. The van der Waals surface area contributed by atoms with Crippen LogP contribution in [0.3, 0.4) is 0 Å². The van der Waals surface area contributed by atoms with Gasteiger partial charge in [0.15, 0.2) is 0 Å². The van der Waals surface area contributed by atoms with Crippen molar-refractivity contribution in [3.05, 3.63) is 47.1 Å². The number of nitrogens with zero attached hydrogens (tertiary/aromatic N) is 3. The van der Waals surface area contributed by atoms with Gasteiger partial charge >= 0.3 is 0 Å². The number of hydrogen-bond acceptors (Lipinski definition) is 3. The van der Waals surface area contributed by atoms with Crippen LogP contribution < -0.4 is 4.90 Å². The highest BCUT2D eigenvalue weighted by molar-refractivity contribution is 6.31. The maximum absolute atomic E-state index is 9.45. The number of hydrogen-bond donors (Lipinski definition) is 0. The van der Waals surface area contributed by atoms with E-state index in [0.29, 0.717) is 11.6 Å². The quantitative estimate of drug-likeness (QED) is 0.742. The van der Waals surface area contributed by atoms with Gasteiger partial charge in [-0.15, -0.1) is 0 Å². The van der Waals surface area contributed by atoms with E-state index in [1.54, 1.807) is 0 Å². The van der Waals surface area contributed by atoms with Crippen molar-refractivity contribution >= 4 is 17.4 Å². The first-order chi connectivity index (χ1) is 11.2. The molecule has 0 aliphatic heterocycles. The highest BCUT2D eigenvalue weighted by Crippen LogP contribution is 2.33. The van der Waals surface area contributed by atoms with Crippen LogP contribution in [-0.2, 0) is 0 Å². The van der Waals surface area contributed by atoms with E-state index in [0.717, 1.165) is 16.9 Å². The molecule has 2 aromatic rings. The lowest BCUT2D eigenvalue weighted by atomic mass is 9.94. The Hall–Kier alpha value is -2.05. The van der Waals surface area contributed by atoms with E-state index in [4.69, 9.17) is 11.6 Å². The summed E-state index contributed by atoms with van der Waals surface area (Å²) in [6.45, 7) is 0. The van der Waals surface area contributed by atoms with Crippen LogP contribution in [0.2, 0.25) is 5.15 Å². The van der Waals surface area contributed by atoms with Crippen LogP contribution in [-0.4, -0.2) is 18.1 Å². The molecule has 0 saturated heterocycles. The molecular formula is C19H20ClN3. The van der Waals surface area contributed by atoms with Crippen molar-refractivity contribution in [2.24, 2.45) is 0 Å². The Kier molecular flexibility index (Phi) is 4.83. The predicted octanol–water partition coefficient (Wildman–Crippen LogP) is 5.04. The number of halogens is 1. The molecule has 0 atom stereocenters. The van der Waals surface area contributed by atoms with Crippen molar-refractivity contribution in [1.29, 1.82) is 5.26 Å². The zero-order chi connectivity index (χ0) is 16.2. The molecule has 0 radical (unpaired) electrons. The largest absolute Gasteiger partial charge is 0.357 e. The van der Waals surface area contributed by atoms with Crippen LogP contribution in [0.1, 0.15) is 37.7 Å². The zero-order valence-electron chi connectivity index (χ0n) is 13.3. The maximum atomic E-state index is 9.45. The molecule has 1 saturated carbocycles. The van der Waals surface area contributed by atoms with Crippen LogP contribution in [0, 0.1) is 11.3 Å². The number of anilines is 1. The minimum absolute atomic E-state index is 0.284. The third-order valence-corrected chi connectivity index (χ3v) is 4.92. The Labute approximate surface area is 142 Å². The average Bonchev–Trinajstić information content (AvgIpc) is 2.62. The van der Waals surface area contributed by atoms with Crippen molar-refractivity contribution < 1.29 is 0 Å². The summed E-state index contributed by atoms with van der Waals surface area (Å²) in [6.07, 6.45) is 6.24. The van der Waals surface area contributed by atoms with Crippen LogP contribution in [0.25, 0.3) is 11.1 Å². The SMILES string of the molecule is CN(c1cc(-c2ccccc2)c(C#N)c(Cl)n1)C1CCCCC1. The second-order valence-corrected chi connectivity index (χ2v) is 6.43. The molecule has 4 heteroatoms. The molecule has 1 aliphatic rings. The van der Waals surface area contributed by atoms with Crippen molar-refractivity contribution in [3.63, 3.8) is 0 Å². The molecule has 0 spiro atoms. The minimum atomic E-state index is 0.284.